The fourth-order valence-electron chi connectivity index (χ4n) is 3.59. The molecule has 0 bridgehead atoms. The molecular formula is C20H20N4O2S. The van der Waals surface area contributed by atoms with Crippen LogP contribution < -0.4 is 5.32 Å². The Labute approximate surface area is 160 Å². The van der Waals surface area contributed by atoms with Gasteiger partial charge in [-0.3, -0.25) is 9.59 Å². The highest BCUT2D eigenvalue weighted by atomic mass is 32.2. The Morgan fingerprint density at radius 2 is 2.07 bits per heavy atom. The highest BCUT2D eigenvalue weighted by Gasteiger charge is 2.32. The maximum Gasteiger partial charge on any atom is 0.240 e. The molecule has 0 atom stereocenters. The van der Waals surface area contributed by atoms with Crippen molar-refractivity contribution in [3.05, 3.63) is 47.9 Å². The van der Waals surface area contributed by atoms with Crippen LogP contribution in [-0.4, -0.2) is 31.6 Å². The van der Waals surface area contributed by atoms with Crippen molar-refractivity contribution < 1.29 is 9.59 Å². The van der Waals surface area contributed by atoms with Gasteiger partial charge in [-0.25, -0.2) is 4.98 Å². The number of nitrogens with one attached hydrogen (secondary N) is 1. The van der Waals surface area contributed by atoms with Gasteiger partial charge in [0, 0.05) is 47.1 Å². The molecule has 1 amide bonds. The molecule has 0 spiro atoms. The van der Waals surface area contributed by atoms with Gasteiger partial charge < -0.3 is 14.5 Å². The fraction of sp³-hybridized carbons (Fsp3) is 0.350. The van der Waals surface area contributed by atoms with E-state index in [1.54, 1.807) is 11.8 Å². The number of aromatic nitrogens is 3. The van der Waals surface area contributed by atoms with E-state index >= 15 is 0 Å². The summed E-state index contributed by atoms with van der Waals surface area (Å²) >= 11 is 1.74. The lowest BCUT2D eigenvalue weighted by molar-refractivity contribution is -0.121. The monoisotopic (exact) mass is 380 g/mol. The summed E-state index contributed by atoms with van der Waals surface area (Å²) in [6, 6.07) is 7.80. The van der Waals surface area contributed by atoms with Gasteiger partial charge in [0.05, 0.1) is 12.2 Å². The van der Waals surface area contributed by atoms with Crippen LogP contribution in [0.5, 0.6) is 0 Å². The number of amides is 1. The molecule has 1 aromatic carbocycles. The van der Waals surface area contributed by atoms with Gasteiger partial charge in [0.1, 0.15) is 6.54 Å². The van der Waals surface area contributed by atoms with Gasteiger partial charge in [0.15, 0.2) is 10.9 Å². The first kappa shape index (κ1) is 16.6. The summed E-state index contributed by atoms with van der Waals surface area (Å²) < 4.78 is 4.00. The van der Waals surface area contributed by atoms with Crippen molar-refractivity contribution in [3.8, 4) is 0 Å². The van der Waals surface area contributed by atoms with E-state index in [0.717, 1.165) is 52.5 Å². The normalized spacial score (nSPS) is 15.9. The van der Waals surface area contributed by atoms with Crippen molar-refractivity contribution in [2.75, 3.05) is 5.75 Å². The van der Waals surface area contributed by atoms with Crippen LogP contribution in [0, 0.1) is 5.92 Å². The SMILES string of the molecule is O=C(Cn1cc(C(=O)C2CC2)c2ccccc21)NCc1cn2c(n1)SCC2. The van der Waals surface area contributed by atoms with E-state index in [4.69, 9.17) is 0 Å². The summed E-state index contributed by atoms with van der Waals surface area (Å²) in [6.07, 6.45) is 5.80. The van der Waals surface area contributed by atoms with E-state index in [1.807, 2.05) is 41.2 Å². The standard InChI is InChI=1S/C20H20N4O2S/c25-18(21-9-14-10-23-7-8-27-20(23)22-14)12-24-11-16(19(26)13-5-6-13)15-3-1-2-4-17(15)24/h1-4,10-11,13H,5-9,12H2,(H,21,25). The number of rotatable bonds is 6. The van der Waals surface area contributed by atoms with Crippen LogP contribution in [0.4, 0.5) is 0 Å². The largest absolute Gasteiger partial charge is 0.349 e. The van der Waals surface area contributed by atoms with Crippen molar-refractivity contribution >= 4 is 34.4 Å². The molecule has 1 aliphatic heterocycles. The molecule has 6 nitrogen and oxygen atoms in total. The predicted octanol–water partition coefficient (Wildman–Crippen LogP) is 2.85. The summed E-state index contributed by atoms with van der Waals surface area (Å²) in [7, 11) is 0. The number of thioether (sulfide) groups is 1. The smallest absolute Gasteiger partial charge is 0.240 e. The van der Waals surface area contributed by atoms with Gasteiger partial charge in [0.2, 0.25) is 5.91 Å². The number of hydrogen-bond donors (Lipinski definition) is 1. The maximum atomic E-state index is 12.6. The van der Waals surface area contributed by atoms with Crippen LogP contribution >= 0.6 is 11.8 Å². The van der Waals surface area contributed by atoms with E-state index in [1.165, 1.54) is 0 Å². The number of carbonyl (C=O) groups is 2. The number of para-hydroxylation sites is 1. The third kappa shape index (κ3) is 3.16. The van der Waals surface area contributed by atoms with Crippen LogP contribution in [0.1, 0.15) is 28.9 Å². The first-order valence-corrected chi connectivity index (χ1v) is 10.3. The van der Waals surface area contributed by atoms with E-state index in [0.29, 0.717) is 6.54 Å². The lowest BCUT2D eigenvalue weighted by atomic mass is 10.1. The summed E-state index contributed by atoms with van der Waals surface area (Å²) in [4.78, 5) is 29.6. The number of nitrogens with zero attached hydrogens (tertiary/aromatic N) is 3. The number of fused-ring (bicyclic) bond motifs is 2. The van der Waals surface area contributed by atoms with Gasteiger partial charge >= 0.3 is 0 Å². The Hall–Kier alpha value is -2.54. The number of aryl methyl sites for hydroxylation is 1. The molecule has 0 saturated heterocycles. The van der Waals surface area contributed by atoms with Crippen LogP contribution in [0.25, 0.3) is 10.9 Å². The number of imidazole rings is 1. The molecule has 2 aliphatic rings. The van der Waals surface area contributed by atoms with E-state index < -0.39 is 0 Å². The van der Waals surface area contributed by atoms with Gasteiger partial charge in [-0.05, 0) is 18.9 Å². The topological polar surface area (TPSA) is 68.9 Å². The lowest BCUT2D eigenvalue weighted by Crippen LogP contribution is -2.27. The molecule has 1 aliphatic carbocycles. The summed E-state index contributed by atoms with van der Waals surface area (Å²) in [5.41, 5.74) is 2.55. The molecule has 2 aromatic heterocycles. The van der Waals surface area contributed by atoms with E-state index in [9.17, 15) is 9.59 Å². The first-order valence-electron chi connectivity index (χ1n) is 9.26. The van der Waals surface area contributed by atoms with Crippen LogP contribution in [0.2, 0.25) is 0 Å². The van der Waals surface area contributed by atoms with Crippen molar-refractivity contribution in [1.82, 2.24) is 19.4 Å². The minimum absolute atomic E-state index is 0.0815. The molecule has 1 fully saturated rings. The second-order valence-electron chi connectivity index (χ2n) is 7.16. The molecule has 27 heavy (non-hydrogen) atoms. The molecule has 3 aromatic rings. The summed E-state index contributed by atoms with van der Waals surface area (Å²) in [5.74, 6) is 1.36. The second kappa shape index (κ2) is 6.56. The molecule has 0 radical (unpaired) electrons. The maximum absolute atomic E-state index is 12.6. The minimum Gasteiger partial charge on any atom is -0.349 e. The molecule has 0 unspecified atom stereocenters. The Balaban J connectivity index is 1.31. The minimum atomic E-state index is -0.0815. The molecule has 1 saturated carbocycles. The summed E-state index contributed by atoms with van der Waals surface area (Å²) in [5, 5.41) is 4.91. The molecule has 3 heterocycles. The summed E-state index contributed by atoms with van der Waals surface area (Å²) in [6.45, 7) is 1.60. The van der Waals surface area contributed by atoms with Gasteiger partial charge in [0.25, 0.3) is 0 Å². The third-order valence-corrected chi connectivity index (χ3v) is 6.11. The lowest BCUT2D eigenvalue weighted by Gasteiger charge is -2.06. The van der Waals surface area contributed by atoms with Crippen molar-refractivity contribution in [2.24, 2.45) is 5.92 Å². The zero-order chi connectivity index (χ0) is 18.4. The Kier molecular flexibility index (Phi) is 4.04. The quantitative estimate of drug-likeness (QED) is 0.668. The Bertz CT molecular complexity index is 1030. The van der Waals surface area contributed by atoms with Crippen molar-refractivity contribution in [1.29, 1.82) is 0 Å². The fourth-order valence-corrected chi connectivity index (χ4v) is 4.55. The van der Waals surface area contributed by atoms with Crippen molar-refractivity contribution in [2.45, 2.75) is 37.6 Å². The highest BCUT2D eigenvalue weighted by Crippen LogP contribution is 2.35. The first-order chi connectivity index (χ1) is 13.2. The van der Waals surface area contributed by atoms with Gasteiger partial charge in [-0.1, -0.05) is 30.0 Å². The van der Waals surface area contributed by atoms with E-state index in [2.05, 4.69) is 14.9 Å². The van der Waals surface area contributed by atoms with Crippen molar-refractivity contribution in [3.63, 3.8) is 0 Å². The number of Topliss-reactive ketones (excluding diaryl/α,β-unsaturated/α-hetero) is 1. The highest BCUT2D eigenvalue weighted by molar-refractivity contribution is 7.99. The van der Waals surface area contributed by atoms with Crippen LogP contribution in [-0.2, 0) is 24.4 Å². The number of hydrogen-bond acceptors (Lipinski definition) is 4. The molecule has 7 heteroatoms. The zero-order valence-electron chi connectivity index (χ0n) is 14.9. The molecule has 138 valence electrons. The van der Waals surface area contributed by atoms with Crippen LogP contribution in [0.15, 0.2) is 41.8 Å². The molecule has 5 rings (SSSR count). The van der Waals surface area contributed by atoms with E-state index in [-0.39, 0.29) is 24.2 Å². The average Bonchev–Trinajstić information content (AvgIpc) is 3.16. The zero-order valence-corrected chi connectivity index (χ0v) is 15.7. The second-order valence-corrected chi connectivity index (χ2v) is 8.22. The number of carbonyl (C=O) groups excluding carboxylic acids is 2. The Morgan fingerprint density at radius 1 is 1.22 bits per heavy atom. The average molecular weight is 380 g/mol. The molecule has 1 N–H and O–H groups in total. The predicted molar refractivity (Wildman–Crippen MR) is 104 cm³/mol. The molecular weight excluding hydrogens is 360 g/mol. The van der Waals surface area contributed by atoms with Gasteiger partial charge in [-0.15, -0.1) is 0 Å². The van der Waals surface area contributed by atoms with Gasteiger partial charge in [-0.2, -0.15) is 0 Å². The number of benzene rings is 1. The van der Waals surface area contributed by atoms with Crippen LogP contribution in [0.3, 0.4) is 0 Å². The number of ketones is 1. The Morgan fingerprint density at radius 3 is 2.89 bits per heavy atom. The third-order valence-electron chi connectivity index (χ3n) is 5.14.